The van der Waals surface area contributed by atoms with Crippen LogP contribution in [0.1, 0.15) is 25.8 Å². The third-order valence-corrected chi connectivity index (χ3v) is 4.24. The van der Waals surface area contributed by atoms with E-state index in [2.05, 4.69) is 39.4 Å². The summed E-state index contributed by atoms with van der Waals surface area (Å²) in [6, 6.07) is 14.2. The second-order valence-electron chi connectivity index (χ2n) is 6.41. The molecule has 3 aromatic rings. The number of anilines is 2. The predicted octanol–water partition coefficient (Wildman–Crippen LogP) is 4.27. The van der Waals surface area contributed by atoms with Crippen molar-refractivity contribution in [1.82, 2.24) is 15.0 Å². The van der Waals surface area contributed by atoms with Crippen molar-refractivity contribution in [3.63, 3.8) is 0 Å². The Morgan fingerprint density at radius 3 is 2.68 bits per heavy atom. The molecule has 0 radical (unpaired) electrons. The summed E-state index contributed by atoms with van der Waals surface area (Å²) in [6.45, 7) is 4.55. The number of hydrogen-bond acceptors (Lipinski definition) is 7. The van der Waals surface area contributed by atoms with Crippen molar-refractivity contribution in [2.75, 3.05) is 10.6 Å². The Morgan fingerprint density at radius 1 is 1.11 bits per heavy atom. The molecule has 0 aliphatic rings. The van der Waals surface area contributed by atoms with Crippen LogP contribution in [0.5, 0.6) is 0 Å². The monoisotopic (exact) mass is 378 g/mol. The van der Waals surface area contributed by atoms with Gasteiger partial charge in [-0.1, -0.05) is 25.1 Å². The molecule has 0 aliphatic heterocycles. The molecule has 1 aromatic carbocycles. The van der Waals surface area contributed by atoms with Crippen molar-refractivity contribution in [3.8, 4) is 11.4 Å². The molecule has 1 atom stereocenters. The molecule has 0 fully saturated rings. The molecular weight excluding hydrogens is 356 g/mol. The molecule has 0 aliphatic carbocycles. The maximum atomic E-state index is 11.0. The number of pyridine rings is 1. The van der Waals surface area contributed by atoms with E-state index in [0.29, 0.717) is 24.0 Å². The minimum absolute atomic E-state index is 0.0651. The lowest BCUT2D eigenvalue weighted by atomic mass is 10.2. The molecule has 0 unspecified atom stereocenters. The smallest absolute Gasteiger partial charge is 0.269 e. The van der Waals surface area contributed by atoms with Crippen LogP contribution in [0.4, 0.5) is 17.5 Å². The summed E-state index contributed by atoms with van der Waals surface area (Å²) in [7, 11) is 0. The Labute approximate surface area is 163 Å². The van der Waals surface area contributed by atoms with Crippen molar-refractivity contribution in [1.29, 1.82) is 0 Å². The molecule has 0 amide bonds. The van der Waals surface area contributed by atoms with Crippen LogP contribution in [0.2, 0.25) is 0 Å². The molecule has 2 heterocycles. The molecule has 0 saturated carbocycles. The minimum atomic E-state index is -0.401. The van der Waals surface area contributed by atoms with Crippen molar-refractivity contribution >= 4 is 17.5 Å². The summed E-state index contributed by atoms with van der Waals surface area (Å²) < 4.78 is 0. The van der Waals surface area contributed by atoms with Gasteiger partial charge >= 0.3 is 0 Å². The lowest BCUT2D eigenvalue weighted by molar-refractivity contribution is -0.384. The summed E-state index contributed by atoms with van der Waals surface area (Å²) in [5.41, 5.74) is 2.30. The quantitative estimate of drug-likeness (QED) is 0.445. The van der Waals surface area contributed by atoms with Crippen LogP contribution in [0.15, 0.2) is 54.7 Å². The molecule has 0 spiro atoms. The number of nitro groups is 1. The number of aromatic nitrogens is 3. The zero-order valence-electron chi connectivity index (χ0n) is 15.8. The lowest BCUT2D eigenvalue weighted by Gasteiger charge is -2.14. The van der Waals surface area contributed by atoms with Crippen LogP contribution in [-0.4, -0.2) is 25.9 Å². The Morgan fingerprint density at radius 2 is 1.96 bits per heavy atom. The number of nitrogens with one attached hydrogen (secondary N) is 2. The SMILES string of the molecule is CC[C@@H](C)Nc1nc(NCc2cccc([N+](=O)[O-])c2)cc(-c2ccccn2)n1. The van der Waals surface area contributed by atoms with Crippen LogP contribution >= 0.6 is 0 Å². The number of nitrogens with zero attached hydrogens (tertiary/aromatic N) is 4. The van der Waals surface area contributed by atoms with Gasteiger partial charge in [0.2, 0.25) is 5.95 Å². The van der Waals surface area contributed by atoms with Gasteiger partial charge in [0.1, 0.15) is 5.82 Å². The first kappa shape index (κ1) is 19.2. The van der Waals surface area contributed by atoms with Crippen LogP contribution in [0.3, 0.4) is 0 Å². The van der Waals surface area contributed by atoms with E-state index in [9.17, 15) is 10.1 Å². The molecule has 8 heteroatoms. The first-order chi connectivity index (χ1) is 13.5. The molecule has 3 rings (SSSR count). The van der Waals surface area contributed by atoms with Crippen LogP contribution in [-0.2, 0) is 6.54 Å². The third-order valence-electron chi connectivity index (χ3n) is 4.24. The molecule has 28 heavy (non-hydrogen) atoms. The van der Waals surface area contributed by atoms with E-state index in [0.717, 1.165) is 17.7 Å². The van der Waals surface area contributed by atoms with Gasteiger partial charge in [0.25, 0.3) is 5.69 Å². The Bertz CT molecular complexity index is 948. The normalized spacial score (nSPS) is 11.6. The summed E-state index contributed by atoms with van der Waals surface area (Å²) in [6.07, 6.45) is 2.66. The van der Waals surface area contributed by atoms with E-state index in [1.54, 1.807) is 18.3 Å². The highest BCUT2D eigenvalue weighted by molar-refractivity contribution is 5.61. The van der Waals surface area contributed by atoms with Crippen molar-refractivity contribution in [3.05, 3.63) is 70.4 Å². The van der Waals surface area contributed by atoms with Crippen LogP contribution in [0, 0.1) is 10.1 Å². The highest BCUT2D eigenvalue weighted by Gasteiger charge is 2.10. The largest absolute Gasteiger partial charge is 0.366 e. The van der Waals surface area contributed by atoms with Gasteiger partial charge in [-0.25, -0.2) is 4.98 Å². The van der Waals surface area contributed by atoms with E-state index >= 15 is 0 Å². The third kappa shape index (κ3) is 5.00. The highest BCUT2D eigenvalue weighted by atomic mass is 16.6. The molecule has 0 bridgehead atoms. The number of hydrogen-bond donors (Lipinski definition) is 2. The number of rotatable bonds is 8. The first-order valence-electron chi connectivity index (χ1n) is 9.09. The molecular formula is C20H22N6O2. The molecule has 0 saturated heterocycles. The zero-order chi connectivity index (χ0) is 19.9. The van der Waals surface area contributed by atoms with Gasteiger partial charge in [0.15, 0.2) is 0 Å². The predicted molar refractivity (Wildman–Crippen MR) is 109 cm³/mol. The Kier molecular flexibility index (Phi) is 6.11. The second kappa shape index (κ2) is 8.90. The average molecular weight is 378 g/mol. The van der Waals surface area contributed by atoms with Gasteiger partial charge in [-0.05, 0) is 31.0 Å². The summed E-state index contributed by atoms with van der Waals surface area (Å²) in [4.78, 5) is 24.0. The second-order valence-corrected chi connectivity index (χ2v) is 6.41. The summed E-state index contributed by atoms with van der Waals surface area (Å²) in [5, 5.41) is 17.5. The van der Waals surface area contributed by atoms with Gasteiger partial charge in [-0.2, -0.15) is 4.98 Å². The summed E-state index contributed by atoms with van der Waals surface area (Å²) >= 11 is 0. The van der Waals surface area contributed by atoms with Crippen molar-refractivity contribution in [2.45, 2.75) is 32.9 Å². The van der Waals surface area contributed by atoms with E-state index in [1.807, 2.05) is 30.3 Å². The van der Waals surface area contributed by atoms with Gasteiger partial charge in [0.05, 0.1) is 16.3 Å². The van der Waals surface area contributed by atoms with Gasteiger partial charge < -0.3 is 10.6 Å². The fourth-order valence-electron chi connectivity index (χ4n) is 2.54. The standard InChI is InChI=1S/C20H22N6O2/c1-3-14(2)23-20-24-18(17-9-4-5-10-21-17)12-19(25-20)22-13-15-7-6-8-16(11-15)26(27)28/h4-12,14H,3,13H2,1-2H3,(H2,22,23,24,25)/t14-/m1/s1. The van der Waals surface area contributed by atoms with E-state index in [4.69, 9.17) is 0 Å². The molecule has 2 N–H and O–H groups in total. The number of non-ortho nitro benzene ring substituents is 1. The maximum Gasteiger partial charge on any atom is 0.269 e. The average Bonchev–Trinajstić information content (AvgIpc) is 2.73. The Hall–Kier alpha value is -3.55. The van der Waals surface area contributed by atoms with Gasteiger partial charge in [0, 0.05) is 37.0 Å². The fraction of sp³-hybridized carbons (Fsp3) is 0.250. The fourth-order valence-corrected chi connectivity index (χ4v) is 2.54. The molecule has 2 aromatic heterocycles. The van der Waals surface area contributed by atoms with Crippen molar-refractivity contribution < 1.29 is 4.92 Å². The first-order valence-corrected chi connectivity index (χ1v) is 9.09. The van der Waals surface area contributed by atoms with Crippen molar-refractivity contribution in [2.24, 2.45) is 0 Å². The topological polar surface area (TPSA) is 106 Å². The van der Waals surface area contributed by atoms with E-state index < -0.39 is 4.92 Å². The van der Waals surface area contributed by atoms with Gasteiger partial charge in [-0.3, -0.25) is 15.1 Å². The maximum absolute atomic E-state index is 11.0. The zero-order valence-corrected chi connectivity index (χ0v) is 15.8. The van der Waals surface area contributed by atoms with E-state index in [1.165, 1.54) is 6.07 Å². The van der Waals surface area contributed by atoms with Gasteiger partial charge in [-0.15, -0.1) is 0 Å². The molecule has 8 nitrogen and oxygen atoms in total. The lowest BCUT2D eigenvalue weighted by Crippen LogP contribution is -2.16. The summed E-state index contributed by atoms with van der Waals surface area (Å²) in [5.74, 6) is 1.13. The Balaban J connectivity index is 1.85. The van der Waals surface area contributed by atoms with E-state index in [-0.39, 0.29) is 11.7 Å². The van der Waals surface area contributed by atoms with Crippen LogP contribution in [0.25, 0.3) is 11.4 Å². The highest BCUT2D eigenvalue weighted by Crippen LogP contribution is 2.21. The minimum Gasteiger partial charge on any atom is -0.366 e. The van der Waals surface area contributed by atoms with Crippen LogP contribution < -0.4 is 10.6 Å². The number of benzene rings is 1. The number of nitro benzene ring substituents is 1. The molecule has 144 valence electrons.